The number of hydrogen-bond acceptors (Lipinski definition) is 5. The Balaban J connectivity index is 1.46. The maximum atomic E-state index is 12.6. The summed E-state index contributed by atoms with van der Waals surface area (Å²) in [6.07, 6.45) is -0.674. The molecule has 0 radical (unpaired) electrons. The Kier molecular flexibility index (Phi) is 6.46. The number of non-ortho nitro benzene ring substituents is 1. The Hall–Kier alpha value is -2.97. The lowest BCUT2D eigenvalue weighted by molar-refractivity contribution is -0.916. The zero-order chi connectivity index (χ0) is 20.9. The largest absolute Gasteiger partial charge is 0.491 e. The van der Waals surface area contributed by atoms with Gasteiger partial charge >= 0.3 is 0 Å². The minimum absolute atomic E-state index is 0.00103. The molecule has 0 aromatic heterocycles. The predicted molar refractivity (Wildman–Crippen MR) is 108 cm³/mol. The molecule has 2 aromatic carbocycles. The Morgan fingerprint density at radius 1 is 1.17 bits per heavy atom. The molecule has 1 aliphatic rings. The first-order chi connectivity index (χ1) is 13.9. The lowest BCUT2D eigenvalue weighted by Gasteiger charge is -2.42. The van der Waals surface area contributed by atoms with Crippen LogP contribution in [-0.2, 0) is 0 Å². The van der Waals surface area contributed by atoms with Crippen LogP contribution in [0.25, 0.3) is 0 Å². The third kappa shape index (κ3) is 5.52. The van der Waals surface area contributed by atoms with E-state index in [9.17, 15) is 20.0 Å². The SMILES string of the molecule is C[N+]1(CC(O)COc2ccc([N+](=O)[O-])cc2)CCN(C(=O)c2ccccc2)CC1. The number of likely N-dealkylation sites (N-methyl/N-ethyl adjacent to an activating group) is 1. The minimum Gasteiger partial charge on any atom is -0.491 e. The fraction of sp³-hybridized carbons (Fsp3) is 0.381. The summed E-state index contributed by atoms with van der Waals surface area (Å²) in [7, 11) is 2.07. The third-order valence-corrected chi connectivity index (χ3v) is 5.27. The summed E-state index contributed by atoms with van der Waals surface area (Å²) in [5.41, 5.74) is 0.694. The summed E-state index contributed by atoms with van der Waals surface area (Å²) >= 11 is 0. The molecule has 2 aromatic rings. The highest BCUT2D eigenvalue weighted by molar-refractivity contribution is 5.94. The Morgan fingerprint density at radius 2 is 1.79 bits per heavy atom. The maximum Gasteiger partial charge on any atom is 0.269 e. The van der Waals surface area contributed by atoms with Crippen molar-refractivity contribution in [2.75, 3.05) is 46.4 Å². The molecule has 29 heavy (non-hydrogen) atoms. The number of ether oxygens (including phenoxy) is 1. The van der Waals surface area contributed by atoms with Crippen LogP contribution in [0, 0.1) is 10.1 Å². The average molecular weight is 400 g/mol. The number of nitro benzene ring substituents is 1. The first-order valence-electron chi connectivity index (χ1n) is 9.59. The molecule has 1 fully saturated rings. The lowest BCUT2D eigenvalue weighted by Crippen LogP contribution is -2.60. The van der Waals surface area contributed by atoms with E-state index in [2.05, 4.69) is 7.05 Å². The van der Waals surface area contributed by atoms with Crippen LogP contribution in [-0.4, -0.2) is 77.8 Å². The van der Waals surface area contributed by atoms with Gasteiger partial charge in [0, 0.05) is 17.7 Å². The molecular formula is C21H26N3O5+. The smallest absolute Gasteiger partial charge is 0.269 e. The topological polar surface area (TPSA) is 92.9 Å². The van der Waals surface area contributed by atoms with Gasteiger partial charge in [-0.25, -0.2) is 0 Å². The van der Waals surface area contributed by atoms with Gasteiger partial charge in [0.2, 0.25) is 0 Å². The van der Waals surface area contributed by atoms with Crippen LogP contribution in [0.3, 0.4) is 0 Å². The van der Waals surface area contributed by atoms with E-state index in [1.165, 1.54) is 24.3 Å². The standard InChI is InChI=1S/C21H26N3O5/c1-24(13-11-22(12-14-24)21(26)17-5-3-2-4-6-17)15-19(25)16-29-20-9-7-18(8-10-20)23(27)28/h2-10,19,25H,11-16H2,1H3/q+1. The molecule has 1 heterocycles. The minimum atomic E-state index is -0.674. The van der Waals surface area contributed by atoms with E-state index >= 15 is 0 Å². The molecule has 0 spiro atoms. The van der Waals surface area contributed by atoms with Crippen LogP contribution < -0.4 is 4.74 Å². The summed E-state index contributed by atoms with van der Waals surface area (Å²) in [5.74, 6) is 0.523. The van der Waals surface area contributed by atoms with Gasteiger partial charge in [-0.15, -0.1) is 0 Å². The number of aliphatic hydroxyl groups is 1. The number of quaternary nitrogens is 1. The normalized spacial score (nSPS) is 16.8. The lowest BCUT2D eigenvalue weighted by atomic mass is 10.1. The van der Waals surface area contributed by atoms with Crippen molar-refractivity contribution >= 4 is 11.6 Å². The van der Waals surface area contributed by atoms with E-state index in [0.717, 1.165) is 13.1 Å². The molecule has 1 saturated heterocycles. The van der Waals surface area contributed by atoms with Crippen molar-refractivity contribution in [1.82, 2.24) is 4.90 Å². The van der Waals surface area contributed by atoms with E-state index < -0.39 is 11.0 Å². The second kappa shape index (κ2) is 9.02. The summed E-state index contributed by atoms with van der Waals surface area (Å²) in [6, 6.07) is 15.0. The van der Waals surface area contributed by atoms with Crippen molar-refractivity contribution in [2.45, 2.75) is 6.10 Å². The Labute approximate surface area is 169 Å². The molecular weight excluding hydrogens is 374 g/mol. The number of piperazine rings is 1. The number of carbonyl (C=O) groups excluding carboxylic acids is 1. The van der Waals surface area contributed by atoms with Gasteiger partial charge in [-0.05, 0) is 24.3 Å². The van der Waals surface area contributed by atoms with Crippen molar-refractivity contribution in [3.8, 4) is 5.75 Å². The molecule has 1 N–H and O–H groups in total. The zero-order valence-electron chi connectivity index (χ0n) is 16.4. The highest BCUT2D eigenvalue weighted by Gasteiger charge is 2.33. The molecule has 0 bridgehead atoms. The van der Waals surface area contributed by atoms with E-state index in [-0.39, 0.29) is 18.2 Å². The van der Waals surface area contributed by atoms with Crippen LogP contribution in [0.4, 0.5) is 5.69 Å². The number of nitrogens with zero attached hydrogens (tertiary/aromatic N) is 3. The van der Waals surface area contributed by atoms with E-state index in [1.54, 1.807) is 0 Å². The van der Waals surface area contributed by atoms with Crippen molar-refractivity contribution in [1.29, 1.82) is 0 Å². The molecule has 1 amide bonds. The van der Waals surface area contributed by atoms with Crippen molar-refractivity contribution < 1.29 is 24.0 Å². The number of aliphatic hydroxyl groups excluding tert-OH is 1. The number of amides is 1. The Morgan fingerprint density at radius 3 is 2.38 bits per heavy atom. The van der Waals surface area contributed by atoms with E-state index in [1.807, 2.05) is 35.2 Å². The van der Waals surface area contributed by atoms with Crippen LogP contribution in [0.15, 0.2) is 54.6 Å². The third-order valence-electron chi connectivity index (χ3n) is 5.27. The predicted octanol–water partition coefficient (Wildman–Crippen LogP) is 1.94. The fourth-order valence-corrected chi connectivity index (χ4v) is 3.51. The van der Waals surface area contributed by atoms with Crippen LogP contribution in [0.1, 0.15) is 10.4 Å². The zero-order valence-corrected chi connectivity index (χ0v) is 16.4. The van der Waals surface area contributed by atoms with Gasteiger partial charge in [-0.3, -0.25) is 14.9 Å². The maximum absolute atomic E-state index is 12.6. The van der Waals surface area contributed by atoms with Gasteiger partial charge in [0.15, 0.2) is 0 Å². The number of nitro groups is 1. The highest BCUT2D eigenvalue weighted by Crippen LogP contribution is 2.18. The number of carbonyl (C=O) groups is 1. The molecule has 1 unspecified atom stereocenters. The van der Waals surface area contributed by atoms with Crippen LogP contribution in [0.2, 0.25) is 0 Å². The van der Waals surface area contributed by atoms with Gasteiger partial charge < -0.3 is 19.2 Å². The molecule has 8 nitrogen and oxygen atoms in total. The second-order valence-electron chi connectivity index (χ2n) is 7.62. The molecule has 1 aliphatic heterocycles. The van der Waals surface area contributed by atoms with Crippen LogP contribution >= 0.6 is 0 Å². The molecule has 8 heteroatoms. The first-order valence-corrected chi connectivity index (χ1v) is 9.59. The van der Waals surface area contributed by atoms with Gasteiger partial charge in [-0.1, -0.05) is 18.2 Å². The fourth-order valence-electron chi connectivity index (χ4n) is 3.51. The molecule has 0 aliphatic carbocycles. The summed E-state index contributed by atoms with van der Waals surface area (Å²) in [6.45, 7) is 3.42. The molecule has 3 rings (SSSR count). The van der Waals surface area contributed by atoms with Crippen molar-refractivity contribution in [3.63, 3.8) is 0 Å². The average Bonchev–Trinajstić information content (AvgIpc) is 2.73. The van der Waals surface area contributed by atoms with Gasteiger partial charge in [0.05, 0.1) is 38.2 Å². The number of rotatable bonds is 7. The summed E-state index contributed by atoms with van der Waals surface area (Å²) < 4.78 is 6.22. The van der Waals surface area contributed by atoms with E-state index in [0.29, 0.717) is 35.4 Å². The number of hydrogen-bond donors (Lipinski definition) is 1. The second-order valence-corrected chi connectivity index (χ2v) is 7.62. The van der Waals surface area contributed by atoms with Crippen molar-refractivity contribution in [3.05, 3.63) is 70.3 Å². The van der Waals surface area contributed by atoms with E-state index in [4.69, 9.17) is 4.74 Å². The molecule has 154 valence electrons. The first kappa shape index (κ1) is 20.8. The molecule has 0 saturated carbocycles. The summed E-state index contributed by atoms with van der Waals surface area (Å²) in [5, 5.41) is 21.1. The number of benzene rings is 2. The van der Waals surface area contributed by atoms with Gasteiger partial charge in [-0.2, -0.15) is 0 Å². The monoisotopic (exact) mass is 400 g/mol. The molecule has 1 atom stereocenters. The van der Waals surface area contributed by atoms with Gasteiger partial charge in [0.25, 0.3) is 11.6 Å². The Bertz CT molecular complexity index is 833. The quantitative estimate of drug-likeness (QED) is 0.436. The van der Waals surface area contributed by atoms with Gasteiger partial charge in [0.1, 0.15) is 25.0 Å². The highest BCUT2D eigenvalue weighted by atomic mass is 16.6. The van der Waals surface area contributed by atoms with Crippen molar-refractivity contribution in [2.24, 2.45) is 0 Å². The summed E-state index contributed by atoms with van der Waals surface area (Å²) in [4.78, 5) is 24.6. The van der Waals surface area contributed by atoms with Crippen LogP contribution in [0.5, 0.6) is 5.75 Å².